The summed E-state index contributed by atoms with van der Waals surface area (Å²) in [6.45, 7) is 3.58. The second-order valence-electron chi connectivity index (χ2n) is 5.88. The highest BCUT2D eigenvalue weighted by atomic mass is 16.1. The van der Waals surface area contributed by atoms with Crippen molar-refractivity contribution in [2.45, 2.75) is 13.8 Å². The minimum absolute atomic E-state index is 0.171. The second-order valence-corrected chi connectivity index (χ2v) is 5.88. The topological polar surface area (TPSA) is 62.8 Å². The number of nitrogens with one attached hydrogen (secondary N) is 1. The molecule has 0 unspecified atom stereocenters. The van der Waals surface area contributed by atoms with Crippen LogP contribution < -0.4 is 5.56 Å². The van der Waals surface area contributed by atoms with Crippen LogP contribution in [-0.4, -0.2) is 15.8 Å². The van der Waals surface area contributed by atoms with E-state index in [-0.39, 0.29) is 16.9 Å². The van der Waals surface area contributed by atoms with E-state index in [2.05, 4.69) is 9.97 Å². The zero-order valence-corrected chi connectivity index (χ0v) is 14.1. The molecule has 3 rings (SSSR count). The van der Waals surface area contributed by atoms with E-state index in [0.29, 0.717) is 11.1 Å². The van der Waals surface area contributed by atoms with Crippen LogP contribution in [0.1, 0.15) is 32.7 Å². The molecule has 0 radical (unpaired) electrons. The number of aryl methyl sites for hydroxylation is 2. The van der Waals surface area contributed by atoms with Crippen molar-refractivity contribution in [1.29, 1.82) is 0 Å². The molecule has 3 aromatic rings. The Morgan fingerprint density at radius 1 is 1.08 bits per heavy atom. The zero-order chi connectivity index (χ0) is 17.8. The van der Waals surface area contributed by atoms with Crippen LogP contribution in [0.5, 0.6) is 0 Å². The normalized spacial score (nSPS) is 11.4. The minimum atomic E-state index is -0.365. The summed E-state index contributed by atoms with van der Waals surface area (Å²) < 4.78 is 0. The Hall–Kier alpha value is -3.27. The van der Waals surface area contributed by atoms with Crippen molar-refractivity contribution in [1.82, 2.24) is 9.97 Å². The number of ketones is 1. The van der Waals surface area contributed by atoms with Gasteiger partial charge in [0.15, 0.2) is 5.78 Å². The summed E-state index contributed by atoms with van der Waals surface area (Å²) >= 11 is 0. The van der Waals surface area contributed by atoms with Crippen LogP contribution in [0.25, 0.3) is 11.6 Å². The first-order chi connectivity index (χ1) is 12.1. The Balaban J connectivity index is 2.18. The third-order valence-electron chi connectivity index (χ3n) is 3.92. The Morgan fingerprint density at radius 3 is 2.48 bits per heavy atom. The van der Waals surface area contributed by atoms with Crippen molar-refractivity contribution in [2.24, 2.45) is 0 Å². The number of nitrogens with zero attached hydrogens (tertiary/aromatic N) is 1. The third kappa shape index (κ3) is 3.63. The largest absolute Gasteiger partial charge is 0.326 e. The standard InChI is InChI=1S/C21H18N2O2/c1-14-11-15(2)23-21(25)19(14)20(24)18(17-8-4-3-5-9-17)12-16-7-6-10-22-13-16/h3-13H,1-2H3,(H,23,25)/b18-12+. The van der Waals surface area contributed by atoms with Crippen molar-refractivity contribution in [3.05, 3.63) is 99.2 Å². The van der Waals surface area contributed by atoms with Crippen LogP contribution in [0.3, 0.4) is 0 Å². The molecule has 0 fully saturated rings. The number of carbonyl (C=O) groups is 1. The molecule has 2 aromatic heterocycles. The lowest BCUT2D eigenvalue weighted by Gasteiger charge is -2.10. The highest BCUT2D eigenvalue weighted by Crippen LogP contribution is 2.23. The summed E-state index contributed by atoms with van der Waals surface area (Å²) in [5, 5.41) is 0. The fraction of sp³-hybridized carbons (Fsp3) is 0.0952. The summed E-state index contributed by atoms with van der Waals surface area (Å²) in [5.41, 5.74) is 3.23. The fourth-order valence-corrected chi connectivity index (χ4v) is 2.80. The maximum atomic E-state index is 13.2. The SMILES string of the molecule is Cc1cc(C)c(C(=O)/C(=C/c2cccnc2)c2ccccc2)c(=O)[nH]1. The minimum Gasteiger partial charge on any atom is -0.326 e. The summed E-state index contributed by atoms with van der Waals surface area (Å²) in [7, 11) is 0. The summed E-state index contributed by atoms with van der Waals surface area (Å²) in [6, 6.07) is 14.8. The van der Waals surface area contributed by atoms with E-state index >= 15 is 0 Å². The second kappa shape index (κ2) is 7.09. The summed E-state index contributed by atoms with van der Waals surface area (Å²) in [5.74, 6) is -0.297. The number of hydrogen-bond acceptors (Lipinski definition) is 3. The van der Waals surface area contributed by atoms with Crippen molar-refractivity contribution in [2.75, 3.05) is 0 Å². The number of benzene rings is 1. The molecular formula is C21H18N2O2. The molecule has 0 saturated heterocycles. The van der Waals surface area contributed by atoms with E-state index in [4.69, 9.17) is 0 Å². The van der Waals surface area contributed by atoms with Gasteiger partial charge in [-0.15, -0.1) is 0 Å². The van der Waals surface area contributed by atoms with Gasteiger partial charge in [-0.3, -0.25) is 14.6 Å². The average molecular weight is 330 g/mol. The van der Waals surface area contributed by atoms with Gasteiger partial charge in [0.05, 0.1) is 5.56 Å². The average Bonchev–Trinajstić information content (AvgIpc) is 2.60. The van der Waals surface area contributed by atoms with Gasteiger partial charge in [-0.25, -0.2) is 0 Å². The van der Waals surface area contributed by atoms with Crippen LogP contribution in [0.2, 0.25) is 0 Å². The molecule has 0 saturated carbocycles. The van der Waals surface area contributed by atoms with Gasteiger partial charge < -0.3 is 4.98 Å². The Labute approximate surface area is 145 Å². The molecule has 124 valence electrons. The van der Waals surface area contributed by atoms with E-state index in [1.807, 2.05) is 42.5 Å². The van der Waals surface area contributed by atoms with Crippen LogP contribution in [-0.2, 0) is 0 Å². The molecule has 0 spiro atoms. The number of pyridine rings is 2. The molecule has 2 heterocycles. The van der Waals surface area contributed by atoms with Crippen LogP contribution >= 0.6 is 0 Å². The molecule has 0 amide bonds. The number of H-pyrrole nitrogens is 1. The van der Waals surface area contributed by atoms with Gasteiger partial charge >= 0.3 is 0 Å². The van der Waals surface area contributed by atoms with Gasteiger partial charge in [0.2, 0.25) is 0 Å². The number of aromatic nitrogens is 2. The van der Waals surface area contributed by atoms with Crippen LogP contribution in [0.15, 0.2) is 65.7 Å². The van der Waals surface area contributed by atoms with Gasteiger partial charge in [0, 0.05) is 23.7 Å². The van der Waals surface area contributed by atoms with E-state index in [0.717, 1.165) is 16.8 Å². The van der Waals surface area contributed by atoms with Crippen LogP contribution in [0, 0.1) is 13.8 Å². The van der Waals surface area contributed by atoms with Crippen molar-refractivity contribution in [3.63, 3.8) is 0 Å². The van der Waals surface area contributed by atoms with E-state index < -0.39 is 0 Å². The molecule has 0 aliphatic rings. The summed E-state index contributed by atoms with van der Waals surface area (Å²) in [4.78, 5) is 32.4. The molecule has 1 aromatic carbocycles. The number of rotatable bonds is 4. The Morgan fingerprint density at radius 2 is 1.84 bits per heavy atom. The van der Waals surface area contributed by atoms with Gasteiger partial charge in [0.25, 0.3) is 5.56 Å². The van der Waals surface area contributed by atoms with E-state index in [1.165, 1.54) is 0 Å². The number of hydrogen-bond donors (Lipinski definition) is 1. The monoisotopic (exact) mass is 330 g/mol. The maximum absolute atomic E-state index is 13.2. The van der Waals surface area contributed by atoms with Gasteiger partial charge in [-0.2, -0.15) is 0 Å². The first-order valence-corrected chi connectivity index (χ1v) is 7.98. The molecule has 25 heavy (non-hydrogen) atoms. The Bertz CT molecular complexity index is 987. The molecule has 1 N–H and O–H groups in total. The molecule has 0 aliphatic carbocycles. The quantitative estimate of drug-likeness (QED) is 0.584. The van der Waals surface area contributed by atoms with Crippen LogP contribution in [0.4, 0.5) is 0 Å². The lowest BCUT2D eigenvalue weighted by molar-refractivity contribution is 0.105. The predicted octanol–water partition coefficient (Wildman–Crippen LogP) is 3.81. The van der Waals surface area contributed by atoms with Gasteiger partial charge in [-0.1, -0.05) is 36.4 Å². The predicted molar refractivity (Wildman–Crippen MR) is 99.4 cm³/mol. The molecule has 0 atom stereocenters. The van der Waals surface area contributed by atoms with Crippen molar-refractivity contribution < 1.29 is 4.79 Å². The first-order valence-electron chi connectivity index (χ1n) is 7.98. The Kier molecular flexibility index (Phi) is 4.70. The van der Waals surface area contributed by atoms with Gasteiger partial charge in [-0.05, 0) is 48.7 Å². The molecular weight excluding hydrogens is 312 g/mol. The lowest BCUT2D eigenvalue weighted by Crippen LogP contribution is -2.21. The number of aromatic amines is 1. The highest BCUT2D eigenvalue weighted by Gasteiger charge is 2.20. The first kappa shape index (κ1) is 16.6. The lowest BCUT2D eigenvalue weighted by atomic mass is 9.93. The fourth-order valence-electron chi connectivity index (χ4n) is 2.80. The zero-order valence-electron chi connectivity index (χ0n) is 14.1. The smallest absolute Gasteiger partial charge is 0.259 e. The number of Topliss-reactive ketones (excluding diaryl/α,β-unsaturated/α-hetero) is 1. The van der Waals surface area contributed by atoms with E-state index in [1.54, 1.807) is 38.4 Å². The molecule has 0 aliphatic heterocycles. The third-order valence-corrected chi connectivity index (χ3v) is 3.92. The van der Waals surface area contributed by atoms with E-state index in [9.17, 15) is 9.59 Å². The molecule has 4 nitrogen and oxygen atoms in total. The number of allylic oxidation sites excluding steroid dienone is 1. The van der Waals surface area contributed by atoms with Crippen molar-refractivity contribution in [3.8, 4) is 0 Å². The molecule has 4 heteroatoms. The number of carbonyl (C=O) groups excluding carboxylic acids is 1. The van der Waals surface area contributed by atoms with Crippen molar-refractivity contribution >= 4 is 17.4 Å². The highest BCUT2D eigenvalue weighted by molar-refractivity contribution is 6.32. The van der Waals surface area contributed by atoms with Gasteiger partial charge in [0.1, 0.15) is 0 Å². The summed E-state index contributed by atoms with van der Waals surface area (Å²) in [6.07, 6.45) is 5.13. The maximum Gasteiger partial charge on any atom is 0.259 e. The molecule has 0 bridgehead atoms.